The van der Waals surface area contributed by atoms with Gasteiger partial charge >= 0.3 is 0 Å². The fourth-order valence-electron chi connectivity index (χ4n) is 2.48. The zero-order valence-electron chi connectivity index (χ0n) is 12.4. The SMILES string of the molecule is CC(C)Oc1ccnc(Nc2cccc3c2CCNC3)n1. The minimum Gasteiger partial charge on any atom is -0.475 e. The highest BCUT2D eigenvalue weighted by molar-refractivity contribution is 5.61. The molecule has 1 aliphatic rings. The molecule has 2 N–H and O–H groups in total. The van der Waals surface area contributed by atoms with Crippen LogP contribution in [0.4, 0.5) is 11.6 Å². The minimum atomic E-state index is 0.100. The van der Waals surface area contributed by atoms with Crippen LogP contribution < -0.4 is 15.4 Å². The predicted molar refractivity (Wildman–Crippen MR) is 82.9 cm³/mol. The standard InChI is InChI=1S/C16H20N4O/c1-11(2)21-15-7-9-18-16(20-15)19-14-5-3-4-12-10-17-8-6-13(12)14/h3-5,7,9,11,17H,6,8,10H2,1-2H3,(H,18,19,20). The maximum Gasteiger partial charge on any atom is 0.230 e. The van der Waals surface area contributed by atoms with Crippen molar-refractivity contribution in [1.82, 2.24) is 15.3 Å². The van der Waals surface area contributed by atoms with Crippen molar-refractivity contribution in [3.8, 4) is 5.88 Å². The van der Waals surface area contributed by atoms with Gasteiger partial charge < -0.3 is 15.4 Å². The van der Waals surface area contributed by atoms with Crippen molar-refractivity contribution in [2.24, 2.45) is 0 Å². The molecule has 0 aliphatic carbocycles. The Labute approximate surface area is 124 Å². The van der Waals surface area contributed by atoms with E-state index in [4.69, 9.17) is 4.74 Å². The number of hydrogen-bond donors (Lipinski definition) is 2. The first-order chi connectivity index (χ1) is 10.2. The van der Waals surface area contributed by atoms with E-state index in [1.54, 1.807) is 12.3 Å². The molecule has 2 aromatic rings. The highest BCUT2D eigenvalue weighted by atomic mass is 16.5. The van der Waals surface area contributed by atoms with Gasteiger partial charge in [-0.2, -0.15) is 4.98 Å². The van der Waals surface area contributed by atoms with E-state index in [1.165, 1.54) is 11.1 Å². The quantitative estimate of drug-likeness (QED) is 0.904. The molecule has 2 heterocycles. The van der Waals surface area contributed by atoms with E-state index in [0.29, 0.717) is 11.8 Å². The molecule has 0 spiro atoms. The number of hydrogen-bond acceptors (Lipinski definition) is 5. The monoisotopic (exact) mass is 284 g/mol. The number of benzene rings is 1. The second kappa shape index (κ2) is 6.10. The van der Waals surface area contributed by atoms with Gasteiger partial charge in [0.2, 0.25) is 11.8 Å². The molecule has 1 aliphatic heterocycles. The molecule has 0 saturated heterocycles. The van der Waals surface area contributed by atoms with E-state index in [9.17, 15) is 0 Å². The molecule has 0 fully saturated rings. The van der Waals surface area contributed by atoms with Crippen molar-refractivity contribution in [3.05, 3.63) is 41.6 Å². The molecule has 3 rings (SSSR count). The third-order valence-electron chi connectivity index (χ3n) is 3.37. The van der Waals surface area contributed by atoms with Crippen molar-refractivity contribution < 1.29 is 4.74 Å². The summed E-state index contributed by atoms with van der Waals surface area (Å²) < 4.78 is 5.60. The van der Waals surface area contributed by atoms with Crippen molar-refractivity contribution in [2.45, 2.75) is 32.9 Å². The number of rotatable bonds is 4. The third kappa shape index (κ3) is 3.31. The van der Waals surface area contributed by atoms with Crippen LogP contribution in [0.3, 0.4) is 0 Å². The molecule has 0 radical (unpaired) electrons. The van der Waals surface area contributed by atoms with Gasteiger partial charge in [-0.05, 0) is 44.0 Å². The Morgan fingerprint density at radius 2 is 2.19 bits per heavy atom. The molecule has 0 amide bonds. The van der Waals surface area contributed by atoms with E-state index in [1.807, 2.05) is 13.8 Å². The Morgan fingerprint density at radius 1 is 1.29 bits per heavy atom. The van der Waals surface area contributed by atoms with Crippen molar-refractivity contribution in [3.63, 3.8) is 0 Å². The van der Waals surface area contributed by atoms with Crippen LogP contribution >= 0.6 is 0 Å². The number of ether oxygens (including phenoxy) is 1. The van der Waals surface area contributed by atoms with Gasteiger partial charge in [0.05, 0.1) is 6.10 Å². The van der Waals surface area contributed by atoms with Gasteiger partial charge in [0.15, 0.2) is 0 Å². The van der Waals surface area contributed by atoms with Gasteiger partial charge in [0, 0.05) is 24.5 Å². The number of fused-ring (bicyclic) bond motifs is 1. The lowest BCUT2D eigenvalue weighted by Crippen LogP contribution is -2.24. The van der Waals surface area contributed by atoms with Gasteiger partial charge in [0.1, 0.15) is 0 Å². The summed E-state index contributed by atoms with van der Waals surface area (Å²) in [5, 5.41) is 6.70. The van der Waals surface area contributed by atoms with Gasteiger partial charge in [-0.25, -0.2) is 4.98 Å². The first-order valence-corrected chi connectivity index (χ1v) is 7.30. The molecule has 5 heteroatoms. The average molecular weight is 284 g/mol. The fourth-order valence-corrected chi connectivity index (χ4v) is 2.48. The first kappa shape index (κ1) is 13.8. The van der Waals surface area contributed by atoms with E-state index >= 15 is 0 Å². The summed E-state index contributed by atoms with van der Waals surface area (Å²) >= 11 is 0. The van der Waals surface area contributed by atoms with Gasteiger partial charge in [0.25, 0.3) is 0 Å². The number of nitrogens with zero attached hydrogens (tertiary/aromatic N) is 2. The van der Waals surface area contributed by atoms with Crippen LogP contribution in [0.15, 0.2) is 30.5 Å². The Morgan fingerprint density at radius 3 is 3.05 bits per heavy atom. The van der Waals surface area contributed by atoms with Crippen molar-refractivity contribution in [2.75, 3.05) is 11.9 Å². The van der Waals surface area contributed by atoms with Gasteiger partial charge in [-0.15, -0.1) is 0 Å². The highest BCUT2D eigenvalue weighted by Gasteiger charge is 2.13. The van der Waals surface area contributed by atoms with E-state index < -0.39 is 0 Å². The number of aromatic nitrogens is 2. The van der Waals surface area contributed by atoms with Crippen LogP contribution in [-0.2, 0) is 13.0 Å². The molecule has 1 aromatic carbocycles. The summed E-state index contributed by atoms with van der Waals surface area (Å²) in [5.41, 5.74) is 3.76. The zero-order chi connectivity index (χ0) is 14.7. The lowest BCUT2D eigenvalue weighted by Gasteiger charge is -2.20. The van der Waals surface area contributed by atoms with E-state index in [2.05, 4.69) is 38.8 Å². The average Bonchev–Trinajstić information content (AvgIpc) is 2.47. The van der Waals surface area contributed by atoms with Crippen molar-refractivity contribution >= 4 is 11.6 Å². The molecular weight excluding hydrogens is 264 g/mol. The minimum absolute atomic E-state index is 0.100. The summed E-state index contributed by atoms with van der Waals surface area (Å²) in [7, 11) is 0. The molecule has 0 saturated carbocycles. The van der Waals surface area contributed by atoms with Crippen LogP contribution in [0.1, 0.15) is 25.0 Å². The highest BCUT2D eigenvalue weighted by Crippen LogP contribution is 2.25. The Bertz CT molecular complexity index is 627. The number of anilines is 2. The van der Waals surface area contributed by atoms with Crippen molar-refractivity contribution in [1.29, 1.82) is 0 Å². The second-order valence-electron chi connectivity index (χ2n) is 5.38. The summed E-state index contributed by atoms with van der Waals surface area (Å²) in [5.74, 6) is 1.16. The van der Waals surface area contributed by atoms with E-state index in [0.717, 1.165) is 25.2 Å². The van der Waals surface area contributed by atoms with Crippen LogP contribution in [0, 0.1) is 0 Å². The largest absolute Gasteiger partial charge is 0.475 e. The summed E-state index contributed by atoms with van der Waals surface area (Å²) in [6.07, 6.45) is 2.83. The summed E-state index contributed by atoms with van der Waals surface area (Å²) in [6.45, 7) is 5.89. The van der Waals surface area contributed by atoms with Crippen LogP contribution in [0.5, 0.6) is 5.88 Å². The topological polar surface area (TPSA) is 59.1 Å². The maximum absolute atomic E-state index is 5.60. The smallest absolute Gasteiger partial charge is 0.230 e. The normalized spacial score (nSPS) is 13.9. The predicted octanol–water partition coefficient (Wildman–Crippen LogP) is 2.65. The van der Waals surface area contributed by atoms with Gasteiger partial charge in [-0.3, -0.25) is 0 Å². The summed E-state index contributed by atoms with van der Waals surface area (Å²) in [6, 6.07) is 8.06. The number of nitrogens with one attached hydrogen (secondary N) is 2. The Kier molecular flexibility index (Phi) is 4.01. The Hall–Kier alpha value is -2.14. The molecule has 0 atom stereocenters. The maximum atomic E-state index is 5.60. The first-order valence-electron chi connectivity index (χ1n) is 7.30. The molecular formula is C16H20N4O. The molecule has 0 bridgehead atoms. The van der Waals surface area contributed by atoms with Crippen LogP contribution in [0.25, 0.3) is 0 Å². The third-order valence-corrected chi connectivity index (χ3v) is 3.37. The van der Waals surface area contributed by atoms with E-state index in [-0.39, 0.29) is 6.10 Å². The molecule has 5 nitrogen and oxygen atoms in total. The lowest BCUT2D eigenvalue weighted by atomic mass is 9.99. The molecule has 110 valence electrons. The van der Waals surface area contributed by atoms with Crippen LogP contribution in [-0.4, -0.2) is 22.6 Å². The second-order valence-corrected chi connectivity index (χ2v) is 5.38. The molecule has 1 aromatic heterocycles. The van der Waals surface area contributed by atoms with Gasteiger partial charge in [-0.1, -0.05) is 12.1 Å². The molecule has 0 unspecified atom stereocenters. The summed E-state index contributed by atoms with van der Waals surface area (Å²) in [4.78, 5) is 8.67. The van der Waals surface area contributed by atoms with Crippen LogP contribution in [0.2, 0.25) is 0 Å². The zero-order valence-corrected chi connectivity index (χ0v) is 12.4. The Balaban J connectivity index is 1.84. The lowest BCUT2D eigenvalue weighted by molar-refractivity contribution is 0.232. The molecule has 21 heavy (non-hydrogen) atoms. The fraction of sp³-hybridized carbons (Fsp3) is 0.375.